The van der Waals surface area contributed by atoms with Crippen LogP contribution in [0.3, 0.4) is 0 Å². The van der Waals surface area contributed by atoms with Gasteiger partial charge in [0.25, 0.3) is 0 Å². The second-order valence-electron chi connectivity index (χ2n) is 2.70. The Morgan fingerprint density at radius 1 is 1.55 bits per heavy atom. The summed E-state index contributed by atoms with van der Waals surface area (Å²) < 4.78 is 0. The van der Waals surface area contributed by atoms with E-state index in [2.05, 4.69) is 10.5 Å². The molecule has 0 spiro atoms. The summed E-state index contributed by atoms with van der Waals surface area (Å²) in [7, 11) is 0. The van der Waals surface area contributed by atoms with Crippen molar-refractivity contribution in [1.29, 1.82) is 0 Å². The van der Waals surface area contributed by atoms with Crippen LogP contribution in [-0.4, -0.2) is 15.9 Å². The molecule has 0 aliphatic rings. The third-order valence-corrected chi connectivity index (χ3v) is 1.16. The zero-order chi connectivity index (χ0) is 8.43. The van der Waals surface area contributed by atoms with Crippen molar-refractivity contribution in [3.8, 4) is 0 Å². The lowest BCUT2D eigenvalue weighted by Gasteiger charge is -2.07. The second-order valence-corrected chi connectivity index (χ2v) is 2.70. The van der Waals surface area contributed by atoms with E-state index in [1.54, 1.807) is 6.20 Å². The Bertz CT molecular complexity index is 220. The fourth-order valence-corrected chi connectivity index (χ4v) is 0.731. The van der Waals surface area contributed by atoms with Crippen molar-refractivity contribution < 1.29 is 0 Å². The Balaban J connectivity index is 2.73. The summed E-state index contributed by atoms with van der Waals surface area (Å²) in [6.07, 6.45) is 1.65. The van der Waals surface area contributed by atoms with Gasteiger partial charge in [-0.25, -0.2) is 0 Å². The van der Waals surface area contributed by atoms with Gasteiger partial charge in [-0.1, -0.05) is 0 Å². The maximum atomic E-state index is 5.47. The number of hydrogen-bond donors (Lipinski definition) is 3. The van der Waals surface area contributed by atoms with Gasteiger partial charge in [-0.15, -0.1) is 5.10 Å². The zero-order valence-electron chi connectivity index (χ0n) is 6.70. The van der Waals surface area contributed by atoms with Crippen LogP contribution in [-0.2, 0) is 0 Å². The van der Waals surface area contributed by atoms with E-state index in [9.17, 15) is 0 Å². The molecule has 5 N–H and O–H groups in total. The molecular formula is C6H13N5. The predicted molar refractivity (Wildman–Crippen MR) is 45.5 cm³/mol. The Kier molecular flexibility index (Phi) is 1.89. The Hall–Kier alpha value is -1.39. The van der Waals surface area contributed by atoms with Crippen LogP contribution in [0.4, 0.5) is 11.5 Å². The molecule has 0 aromatic carbocycles. The van der Waals surface area contributed by atoms with E-state index in [-0.39, 0.29) is 0 Å². The summed E-state index contributed by atoms with van der Waals surface area (Å²) in [6.45, 7) is 4.02. The van der Waals surface area contributed by atoms with E-state index in [1.807, 2.05) is 13.8 Å². The highest BCUT2D eigenvalue weighted by atomic mass is 15.6. The van der Waals surface area contributed by atoms with Crippen LogP contribution >= 0.6 is 0 Å². The molecule has 1 aromatic heterocycles. The van der Waals surface area contributed by atoms with Gasteiger partial charge in [-0.05, 0) is 13.8 Å². The van der Waals surface area contributed by atoms with Gasteiger partial charge < -0.3 is 16.9 Å². The van der Waals surface area contributed by atoms with Crippen molar-refractivity contribution in [1.82, 2.24) is 9.89 Å². The molecule has 11 heavy (non-hydrogen) atoms. The van der Waals surface area contributed by atoms with Crippen LogP contribution in [0.2, 0.25) is 0 Å². The van der Waals surface area contributed by atoms with Gasteiger partial charge >= 0.3 is 0 Å². The van der Waals surface area contributed by atoms with Crippen LogP contribution in [0.15, 0.2) is 6.20 Å². The highest BCUT2D eigenvalue weighted by molar-refractivity contribution is 5.56. The van der Waals surface area contributed by atoms with Gasteiger partial charge in [-0.3, -0.25) is 0 Å². The maximum Gasteiger partial charge on any atom is 0.170 e. The second kappa shape index (κ2) is 2.69. The lowest BCUT2D eigenvalue weighted by atomic mass is 10.4. The highest BCUT2D eigenvalue weighted by Crippen LogP contribution is 2.08. The first-order valence-corrected chi connectivity index (χ1v) is 3.46. The minimum Gasteiger partial charge on any atom is -0.394 e. The SMILES string of the molecule is CC(C)Nn1cc(N)c(N)n1. The molecule has 5 heteroatoms. The molecule has 0 fully saturated rings. The fraction of sp³-hybridized carbons (Fsp3) is 0.500. The van der Waals surface area contributed by atoms with Crippen LogP contribution in [0.25, 0.3) is 0 Å². The normalized spacial score (nSPS) is 10.5. The molecule has 1 rings (SSSR count). The largest absolute Gasteiger partial charge is 0.394 e. The highest BCUT2D eigenvalue weighted by Gasteiger charge is 2.00. The maximum absolute atomic E-state index is 5.47. The third kappa shape index (κ3) is 1.76. The van der Waals surface area contributed by atoms with Crippen molar-refractivity contribution in [2.75, 3.05) is 16.9 Å². The van der Waals surface area contributed by atoms with Gasteiger partial charge in [0, 0.05) is 6.04 Å². The van der Waals surface area contributed by atoms with Crippen LogP contribution in [0.5, 0.6) is 0 Å². The quantitative estimate of drug-likeness (QED) is 0.561. The first-order valence-electron chi connectivity index (χ1n) is 3.46. The average Bonchev–Trinajstić information content (AvgIpc) is 2.10. The number of anilines is 2. The molecule has 1 aromatic rings. The van der Waals surface area contributed by atoms with Crippen molar-refractivity contribution in [3.63, 3.8) is 0 Å². The van der Waals surface area contributed by atoms with Crippen molar-refractivity contribution in [2.45, 2.75) is 19.9 Å². The smallest absolute Gasteiger partial charge is 0.170 e. The molecule has 0 aliphatic heterocycles. The first kappa shape index (κ1) is 7.71. The number of aromatic nitrogens is 2. The van der Waals surface area contributed by atoms with Gasteiger partial charge in [0.2, 0.25) is 0 Å². The Morgan fingerprint density at radius 2 is 2.18 bits per heavy atom. The average molecular weight is 155 g/mol. The van der Waals surface area contributed by atoms with E-state index in [1.165, 1.54) is 4.79 Å². The summed E-state index contributed by atoms with van der Waals surface area (Å²) in [5.41, 5.74) is 14.4. The van der Waals surface area contributed by atoms with Crippen LogP contribution in [0, 0.1) is 0 Å². The minimum absolute atomic E-state index is 0.314. The summed E-state index contributed by atoms with van der Waals surface area (Å²) in [4.78, 5) is 1.52. The van der Waals surface area contributed by atoms with E-state index in [4.69, 9.17) is 11.5 Å². The molecule has 0 radical (unpaired) electrons. The van der Waals surface area contributed by atoms with Crippen LogP contribution < -0.4 is 16.9 Å². The monoisotopic (exact) mass is 155 g/mol. The van der Waals surface area contributed by atoms with Gasteiger partial charge in [0.05, 0.1) is 11.9 Å². The Morgan fingerprint density at radius 3 is 2.55 bits per heavy atom. The van der Waals surface area contributed by atoms with E-state index in [0.29, 0.717) is 17.5 Å². The van der Waals surface area contributed by atoms with E-state index in [0.717, 1.165) is 0 Å². The first-order chi connectivity index (χ1) is 5.09. The van der Waals surface area contributed by atoms with Gasteiger partial charge in [-0.2, -0.15) is 4.79 Å². The third-order valence-electron chi connectivity index (χ3n) is 1.16. The molecule has 62 valence electrons. The number of nitrogens with two attached hydrogens (primary N) is 2. The standard InChI is InChI=1S/C6H13N5/c1-4(2)9-11-3-5(7)6(8)10-11/h3-4,9H,7H2,1-2H3,(H2,8,10). The van der Waals surface area contributed by atoms with Crippen LogP contribution in [0.1, 0.15) is 13.8 Å². The summed E-state index contributed by atoms with van der Waals surface area (Å²) in [5.74, 6) is 0.359. The van der Waals surface area contributed by atoms with Crippen molar-refractivity contribution >= 4 is 11.5 Å². The van der Waals surface area contributed by atoms with Crippen molar-refractivity contribution in [3.05, 3.63) is 6.20 Å². The summed E-state index contributed by atoms with van der Waals surface area (Å²) in [5, 5.41) is 3.91. The number of nitrogens with zero attached hydrogens (tertiary/aromatic N) is 2. The molecule has 0 unspecified atom stereocenters. The fourth-order valence-electron chi connectivity index (χ4n) is 0.731. The molecule has 0 bridgehead atoms. The molecule has 1 heterocycles. The molecule has 5 nitrogen and oxygen atoms in total. The lowest BCUT2D eigenvalue weighted by Crippen LogP contribution is -2.22. The summed E-state index contributed by atoms with van der Waals surface area (Å²) in [6, 6.07) is 0.314. The topological polar surface area (TPSA) is 81.9 Å². The molecule has 0 amide bonds. The zero-order valence-corrected chi connectivity index (χ0v) is 6.70. The van der Waals surface area contributed by atoms with E-state index >= 15 is 0 Å². The minimum atomic E-state index is 0.314. The number of nitrogens with one attached hydrogen (secondary N) is 1. The number of rotatable bonds is 2. The number of hydrogen-bond acceptors (Lipinski definition) is 4. The predicted octanol–water partition coefficient (Wildman–Crippen LogP) is -0.000600. The summed E-state index contributed by atoms with van der Waals surface area (Å²) >= 11 is 0. The van der Waals surface area contributed by atoms with E-state index < -0.39 is 0 Å². The molecule has 0 saturated carbocycles. The van der Waals surface area contributed by atoms with Gasteiger partial charge in [0.15, 0.2) is 5.82 Å². The lowest BCUT2D eigenvalue weighted by molar-refractivity contribution is 0.670. The molecule has 0 saturated heterocycles. The van der Waals surface area contributed by atoms with Gasteiger partial charge in [0.1, 0.15) is 0 Å². The number of nitrogen functional groups attached to an aromatic ring is 2. The molecule has 0 atom stereocenters. The van der Waals surface area contributed by atoms with Crippen molar-refractivity contribution in [2.24, 2.45) is 0 Å². The molecule has 0 aliphatic carbocycles. The Labute approximate surface area is 65.3 Å². The molecular weight excluding hydrogens is 142 g/mol.